The van der Waals surface area contributed by atoms with Crippen molar-refractivity contribution in [1.82, 2.24) is 10.6 Å². The first-order valence-corrected chi connectivity index (χ1v) is 9.60. The van der Waals surface area contributed by atoms with Gasteiger partial charge in [0.25, 0.3) is 0 Å². The third kappa shape index (κ3) is 12.9. The molecule has 0 bridgehead atoms. The molecule has 0 spiro atoms. The molecule has 2 amide bonds. The predicted octanol–water partition coefficient (Wildman–Crippen LogP) is 3.37. The lowest BCUT2D eigenvalue weighted by molar-refractivity contribution is -0.145. The minimum absolute atomic E-state index is 0.145. The third-order valence-electron chi connectivity index (χ3n) is 3.41. The molecule has 2 aromatic carbocycles. The SMILES string of the molecule is CC(C)(C)OC(=O)NCC(=O)NCC(=O)OCc1ccccc1.Cc1ccccc1. The van der Waals surface area contributed by atoms with Crippen molar-refractivity contribution in [3.05, 3.63) is 71.8 Å². The fourth-order valence-electron chi connectivity index (χ4n) is 2.02. The summed E-state index contributed by atoms with van der Waals surface area (Å²) in [7, 11) is 0. The number of hydrogen-bond acceptors (Lipinski definition) is 5. The van der Waals surface area contributed by atoms with Gasteiger partial charge in [0.15, 0.2) is 0 Å². The summed E-state index contributed by atoms with van der Waals surface area (Å²) >= 11 is 0. The van der Waals surface area contributed by atoms with Crippen LogP contribution in [0.2, 0.25) is 0 Å². The molecule has 0 saturated carbocycles. The van der Waals surface area contributed by atoms with Gasteiger partial charge in [-0.1, -0.05) is 66.2 Å². The summed E-state index contributed by atoms with van der Waals surface area (Å²) in [6, 6.07) is 19.5. The Kier molecular flexibility index (Phi) is 10.7. The standard InChI is InChI=1S/C16H22N2O5.C7H8/c1-16(2,3)23-15(21)18-9-13(19)17-10-14(20)22-11-12-7-5-4-6-8-12;1-7-5-3-2-4-6-7/h4-8H,9-11H2,1-3H3,(H,17,19)(H,18,21);2-6H,1H3. The molecule has 0 aliphatic rings. The van der Waals surface area contributed by atoms with Gasteiger partial charge in [-0.3, -0.25) is 9.59 Å². The second-order valence-corrected chi connectivity index (χ2v) is 7.43. The molecule has 0 aliphatic carbocycles. The van der Waals surface area contributed by atoms with Gasteiger partial charge < -0.3 is 20.1 Å². The first-order valence-electron chi connectivity index (χ1n) is 9.60. The zero-order chi connectivity index (χ0) is 22.4. The van der Waals surface area contributed by atoms with E-state index in [4.69, 9.17) is 9.47 Å². The van der Waals surface area contributed by atoms with Crippen LogP contribution in [0.4, 0.5) is 4.79 Å². The lowest BCUT2D eigenvalue weighted by Gasteiger charge is -2.19. The van der Waals surface area contributed by atoms with Gasteiger partial charge in [0.2, 0.25) is 5.91 Å². The fourth-order valence-corrected chi connectivity index (χ4v) is 2.02. The van der Waals surface area contributed by atoms with Gasteiger partial charge in [0.05, 0.1) is 0 Å². The zero-order valence-corrected chi connectivity index (χ0v) is 17.9. The minimum Gasteiger partial charge on any atom is -0.460 e. The predicted molar refractivity (Wildman–Crippen MR) is 115 cm³/mol. The van der Waals surface area contributed by atoms with Gasteiger partial charge >= 0.3 is 12.1 Å². The smallest absolute Gasteiger partial charge is 0.408 e. The summed E-state index contributed by atoms with van der Waals surface area (Å²) in [5.41, 5.74) is 1.54. The van der Waals surface area contributed by atoms with Crippen LogP contribution in [0, 0.1) is 6.92 Å². The van der Waals surface area contributed by atoms with Crippen molar-refractivity contribution in [2.75, 3.05) is 13.1 Å². The third-order valence-corrected chi connectivity index (χ3v) is 3.41. The van der Waals surface area contributed by atoms with Crippen LogP contribution in [0.3, 0.4) is 0 Å². The molecule has 0 fully saturated rings. The highest BCUT2D eigenvalue weighted by Gasteiger charge is 2.16. The van der Waals surface area contributed by atoms with Crippen molar-refractivity contribution in [2.45, 2.75) is 39.9 Å². The molecule has 7 nitrogen and oxygen atoms in total. The molecule has 0 heterocycles. The van der Waals surface area contributed by atoms with Crippen LogP contribution < -0.4 is 10.6 Å². The Morgan fingerprint density at radius 1 is 0.833 bits per heavy atom. The lowest BCUT2D eigenvalue weighted by atomic mass is 10.2. The highest BCUT2D eigenvalue weighted by atomic mass is 16.6. The van der Waals surface area contributed by atoms with Crippen LogP contribution in [-0.4, -0.2) is 36.7 Å². The number of rotatable bonds is 6. The van der Waals surface area contributed by atoms with Crippen LogP contribution in [-0.2, 0) is 25.7 Å². The van der Waals surface area contributed by atoms with E-state index >= 15 is 0 Å². The molecule has 0 aromatic heterocycles. The molecular formula is C23H30N2O5. The van der Waals surface area contributed by atoms with E-state index in [0.717, 1.165) is 5.56 Å². The molecule has 2 aromatic rings. The molecule has 30 heavy (non-hydrogen) atoms. The molecule has 162 valence electrons. The summed E-state index contributed by atoms with van der Waals surface area (Å²) in [6.45, 7) is 6.84. The Morgan fingerprint density at radius 3 is 1.90 bits per heavy atom. The number of amides is 2. The Balaban J connectivity index is 0.000000539. The first kappa shape index (κ1) is 24.7. The van der Waals surface area contributed by atoms with Gasteiger partial charge in [-0.05, 0) is 33.3 Å². The van der Waals surface area contributed by atoms with E-state index in [1.54, 1.807) is 20.8 Å². The maximum absolute atomic E-state index is 11.5. The van der Waals surface area contributed by atoms with Crippen LogP contribution in [0.15, 0.2) is 60.7 Å². The zero-order valence-electron chi connectivity index (χ0n) is 17.9. The van der Waals surface area contributed by atoms with Gasteiger partial charge in [-0.2, -0.15) is 0 Å². The molecule has 0 unspecified atom stereocenters. The maximum atomic E-state index is 11.5. The van der Waals surface area contributed by atoms with E-state index in [0.29, 0.717) is 0 Å². The van der Waals surface area contributed by atoms with Gasteiger partial charge in [0.1, 0.15) is 25.3 Å². The lowest BCUT2D eigenvalue weighted by Crippen LogP contribution is -2.41. The first-order chi connectivity index (χ1) is 14.2. The monoisotopic (exact) mass is 414 g/mol. The molecule has 0 aliphatic heterocycles. The Morgan fingerprint density at radius 2 is 1.40 bits per heavy atom. The molecule has 0 atom stereocenters. The van der Waals surface area contributed by atoms with Crippen LogP contribution >= 0.6 is 0 Å². The van der Waals surface area contributed by atoms with E-state index in [-0.39, 0.29) is 19.7 Å². The topological polar surface area (TPSA) is 93.7 Å². The number of carbonyl (C=O) groups excluding carboxylic acids is 3. The quantitative estimate of drug-likeness (QED) is 0.707. The molecule has 2 N–H and O–H groups in total. The van der Waals surface area contributed by atoms with Gasteiger partial charge in [-0.15, -0.1) is 0 Å². The average molecular weight is 415 g/mol. The molecular weight excluding hydrogens is 384 g/mol. The van der Waals surface area contributed by atoms with Crippen LogP contribution in [0.5, 0.6) is 0 Å². The molecule has 2 rings (SSSR count). The highest BCUT2D eigenvalue weighted by molar-refractivity contribution is 5.85. The summed E-state index contributed by atoms with van der Waals surface area (Å²) in [6.07, 6.45) is -0.695. The number of hydrogen-bond donors (Lipinski definition) is 2. The molecule has 0 radical (unpaired) electrons. The largest absolute Gasteiger partial charge is 0.460 e. The van der Waals surface area contributed by atoms with E-state index in [2.05, 4.69) is 29.7 Å². The van der Waals surface area contributed by atoms with Crippen molar-refractivity contribution >= 4 is 18.0 Å². The normalized spacial score (nSPS) is 10.1. The van der Waals surface area contributed by atoms with Crippen molar-refractivity contribution in [3.8, 4) is 0 Å². The number of benzene rings is 2. The molecule has 0 saturated heterocycles. The number of aryl methyl sites for hydroxylation is 1. The van der Waals surface area contributed by atoms with Crippen molar-refractivity contribution in [3.63, 3.8) is 0 Å². The number of ether oxygens (including phenoxy) is 2. The average Bonchev–Trinajstić information content (AvgIpc) is 2.70. The summed E-state index contributed by atoms with van der Waals surface area (Å²) in [4.78, 5) is 34.4. The summed E-state index contributed by atoms with van der Waals surface area (Å²) in [5.74, 6) is -1.06. The second kappa shape index (κ2) is 13.0. The van der Waals surface area contributed by atoms with Crippen molar-refractivity contribution < 1.29 is 23.9 Å². The van der Waals surface area contributed by atoms with E-state index in [1.807, 2.05) is 48.5 Å². The van der Waals surface area contributed by atoms with Gasteiger partial charge in [-0.25, -0.2) is 4.79 Å². The second-order valence-electron chi connectivity index (χ2n) is 7.43. The number of nitrogens with one attached hydrogen (secondary N) is 2. The van der Waals surface area contributed by atoms with Gasteiger partial charge in [0, 0.05) is 0 Å². The van der Waals surface area contributed by atoms with Crippen LogP contribution in [0.1, 0.15) is 31.9 Å². The minimum atomic E-state index is -0.695. The van der Waals surface area contributed by atoms with Crippen molar-refractivity contribution in [1.29, 1.82) is 0 Å². The van der Waals surface area contributed by atoms with Crippen LogP contribution in [0.25, 0.3) is 0 Å². The van der Waals surface area contributed by atoms with Crippen molar-refractivity contribution in [2.24, 2.45) is 0 Å². The molecule has 7 heteroatoms. The number of carbonyl (C=O) groups is 3. The van der Waals surface area contributed by atoms with E-state index in [1.165, 1.54) is 5.56 Å². The summed E-state index contributed by atoms with van der Waals surface area (Å²) < 4.78 is 9.98. The Labute approximate surface area is 177 Å². The van der Waals surface area contributed by atoms with E-state index < -0.39 is 23.6 Å². The Hall–Kier alpha value is -3.35. The van der Waals surface area contributed by atoms with E-state index in [9.17, 15) is 14.4 Å². The fraction of sp³-hybridized carbons (Fsp3) is 0.348. The summed E-state index contributed by atoms with van der Waals surface area (Å²) in [5, 5.41) is 4.65. The number of esters is 1. The highest BCUT2D eigenvalue weighted by Crippen LogP contribution is 2.06. The number of alkyl carbamates (subject to hydrolysis) is 1. The Bertz CT molecular complexity index is 786. The maximum Gasteiger partial charge on any atom is 0.408 e.